The van der Waals surface area contributed by atoms with Crippen molar-refractivity contribution in [3.63, 3.8) is 0 Å². The molecule has 0 aliphatic heterocycles. The molecule has 0 aromatic rings. The number of methoxy groups -OCH3 is 1. The van der Waals surface area contributed by atoms with Crippen LogP contribution in [0.3, 0.4) is 0 Å². The molecule has 148 valence electrons. The summed E-state index contributed by atoms with van der Waals surface area (Å²) in [6.45, 7) is 6.87. The van der Waals surface area contributed by atoms with Crippen LogP contribution in [0.15, 0.2) is 4.99 Å². The minimum absolute atomic E-state index is 0.0857. The van der Waals surface area contributed by atoms with Crippen molar-refractivity contribution in [1.29, 1.82) is 0 Å². The molecule has 0 saturated carbocycles. The van der Waals surface area contributed by atoms with Crippen LogP contribution < -0.4 is 10.6 Å². The Morgan fingerprint density at radius 1 is 1.04 bits per heavy atom. The molecule has 0 heterocycles. The summed E-state index contributed by atoms with van der Waals surface area (Å²) in [7, 11) is 5.64. The molecule has 0 rings (SSSR count). The molecule has 0 fully saturated rings. The highest BCUT2D eigenvalue weighted by atomic mass is 16.5. The fraction of sp³-hybridized carbons (Fsp3) is 0.889. The zero-order valence-corrected chi connectivity index (χ0v) is 16.6. The number of esters is 1. The van der Waals surface area contributed by atoms with Crippen molar-refractivity contribution in [3.8, 4) is 0 Å². The Balaban J connectivity index is 3.55. The van der Waals surface area contributed by atoms with Crippen molar-refractivity contribution in [2.45, 2.75) is 45.4 Å². The summed E-state index contributed by atoms with van der Waals surface area (Å²) >= 11 is 0. The van der Waals surface area contributed by atoms with E-state index in [1.807, 2.05) is 6.92 Å². The van der Waals surface area contributed by atoms with Crippen LogP contribution in [0.4, 0.5) is 0 Å². The van der Waals surface area contributed by atoms with Crippen molar-refractivity contribution in [3.05, 3.63) is 0 Å². The van der Waals surface area contributed by atoms with E-state index < -0.39 is 0 Å². The topological polar surface area (TPSA) is 75.2 Å². The summed E-state index contributed by atoms with van der Waals surface area (Å²) in [6.07, 6.45) is 5.71. The third-order valence-electron chi connectivity index (χ3n) is 3.80. The Labute approximate surface area is 153 Å². The number of hydrogen-bond acceptors (Lipinski definition) is 5. The monoisotopic (exact) mass is 358 g/mol. The number of nitrogens with one attached hydrogen (secondary N) is 2. The van der Waals surface area contributed by atoms with Crippen LogP contribution in [0.25, 0.3) is 0 Å². The highest BCUT2D eigenvalue weighted by Crippen LogP contribution is 2.03. The van der Waals surface area contributed by atoms with Gasteiger partial charge < -0.3 is 25.0 Å². The van der Waals surface area contributed by atoms with Gasteiger partial charge in [0, 0.05) is 53.4 Å². The molecule has 0 spiro atoms. The van der Waals surface area contributed by atoms with E-state index in [1.54, 1.807) is 14.2 Å². The van der Waals surface area contributed by atoms with Crippen LogP contribution in [0, 0.1) is 0 Å². The molecule has 7 heteroatoms. The van der Waals surface area contributed by atoms with Gasteiger partial charge in [0.1, 0.15) is 0 Å². The summed E-state index contributed by atoms with van der Waals surface area (Å²) in [5.74, 6) is 0.759. The van der Waals surface area contributed by atoms with Gasteiger partial charge in [-0.2, -0.15) is 0 Å². The zero-order valence-electron chi connectivity index (χ0n) is 16.6. The number of aliphatic imine (C=N–C) groups is 1. The Morgan fingerprint density at radius 2 is 1.76 bits per heavy atom. The van der Waals surface area contributed by atoms with E-state index in [4.69, 9.17) is 9.47 Å². The van der Waals surface area contributed by atoms with Crippen molar-refractivity contribution >= 4 is 11.9 Å². The van der Waals surface area contributed by atoms with Crippen molar-refractivity contribution < 1.29 is 14.3 Å². The Kier molecular flexibility index (Phi) is 16.5. The van der Waals surface area contributed by atoms with Crippen LogP contribution in [-0.2, 0) is 14.3 Å². The van der Waals surface area contributed by atoms with Gasteiger partial charge in [-0.25, -0.2) is 0 Å². The average molecular weight is 359 g/mol. The van der Waals surface area contributed by atoms with Gasteiger partial charge in [-0.3, -0.25) is 9.79 Å². The van der Waals surface area contributed by atoms with Crippen LogP contribution in [-0.4, -0.2) is 77.4 Å². The highest BCUT2D eigenvalue weighted by Gasteiger charge is 2.02. The molecule has 0 aromatic heterocycles. The lowest BCUT2D eigenvalue weighted by atomic mass is 10.1. The van der Waals surface area contributed by atoms with E-state index in [0.29, 0.717) is 13.0 Å². The summed E-state index contributed by atoms with van der Waals surface area (Å²) in [4.78, 5) is 17.7. The van der Waals surface area contributed by atoms with Crippen LogP contribution in [0.5, 0.6) is 0 Å². The maximum absolute atomic E-state index is 11.2. The first kappa shape index (κ1) is 23.7. The molecule has 0 aliphatic rings. The van der Waals surface area contributed by atoms with Crippen LogP contribution in [0.2, 0.25) is 0 Å². The molecule has 0 radical (unpaired) electrons. The third-order valence-corrected chi connectivity index (χ3v) is 3.80. The van der Waals surface area contributed by atoms with Gasteiger partial charge in [-0.15, -0.1) is 0 Å². The minimum Gasteiger partial charge on any atom is -0.466 e. The normalized spacial score (nSPS) is 11.6. The average Bonchev–Trinajstić information content (AvgIpc) is 2.59. The number of ether oxygens (including phenoxy) is 2. The smallest absolute Gasteiger partial charge is 0.305 e. The lowest BCUT2D eigenvalue weighted by Crippen LogP contribution is -2.41. The molecule has 25 heavy (non-hydrogen) atoms. The number of carbonyl (C=O) groups excluding carboxylic acids is 1. The largest absolute Gasteiger partial charge is 0.466 e. The first-order valence-corrected chi connectivity index (χ1v) is 9.41. The van der Waals surface area contributed by atoms with E-state index in [2.05, 4.69) is 27.6 Å². The Morgan fingerprint density at radius 3 is 2.44 bits per heavy atom. The third kappa shape index (κ3) is 15.9. The molecule has 0 saturated heterocycles. The fourth-order valence-electron chi connectivity index (χ4n) is 2.36. The van der Waals surface area contributed by atoms with E-state index in [1.165, 1.54) is 0 Å². The maximum Gasteiger partial charge on any atom is 0.305 e. The van der Waals surface area contributed by atoms with E-state index in [0.717, 1.165) is 70.8 Å². The van der Waals surface area contributed by atoms with Gasteiger partial charge in [0.2, 0.25) is 0 Å². The van der Waals surface area contributed by atoms with Gasteiger partial charge >= 0.3 is 5.97 Å². The quantitative estimate of drug-likeness (QED) is 0.201. The molecule has 0 atom stereocenters. The number of hydrogen-bond donors (Lipinski definition) is 2. The van der Waals surface area contributed by atoms with Gasteiger partial charge in [-0.1, -0.05) is 12.8 Å². The van der Waals surface area contributed by atoms with Gasteiger partial charge in [0.05, 0.1) is 6.61 Å². The molecule has 0 bridgehead atoms. The minimum atomic E-state index is -0.0857. The lowest BCUT2D eigenvalue weighted by Gasteiger charge is -2.18. The molecule has 0 aromatic carbocycles. The van der Waals surface area contributed by atoms with Gasteiger partial charge in [0.25, 0.3) is 0 Å². The van der Waals surface area contributed by atoms with Gasteiger partial charge in [0.15, 0.2) is 5.96 Å². The van der Waals surface area contributed by atoms with Crippen LogP contribution >= 0.6 is 0 Å². The second-order valence-corrected chi connectivity index (χ2v) is 6.04. The summed E-state index contributed by atoms with van der Waals surface area (Å²) in [5.41, 5.74) is 0. The molecule has 0 aliphatic carbocycles. The summed E-state index contributed by atoms with van der Waals surface area (Å²) in [6, 6.07) is 0. The number of likely N-dealkylation sites (N-methyl/N-ethyl adjacent to an activating group) is 1. The predicted octanol–water partition coefficient (Wildman–Crippen LogP) is 1.63. The van der Waals surface area contributed by atoms with Crippen molar-refractivity contribution in [2.75, 3.05) is 60.6 Å². The highest BCUT2D eigenvalue weighted by molar-refractivity contribution is 5.79. The number of nitrogens with zero attached hydrogens (tertiary/aromatic N) is 2. The number of unbranched alkanes of at least 4 members (excludes halogenated alkanes) is 3. The molecule has 0 amide bonds. The van der Waals surface area contributed by atoms with Crippen molar-refractivity contribution in [1.82, 2.24) is 15.5 Å². The molecule has 7 nitrogen and oxygen atoms in total. The Bertz CT molecular complexity index is 351. The standard InChI is InChI=1S/C18H38N4O3/c1-5-25-17(23)11-8-6-7-9-12-20-18(19-2)21-13-15-22(3)14-10-16-24-4/h5-16H2,1-4H3,(H2,19,20,21). The van der Waals surface area contributed by atoms with Crippen LogP contribution in [0.1, 0.15) is 45.4 Å². The lowest BCUT2D eigenvalue weighted by molar-refractivity contribution is -0.143. The second-order valence-electron chi connectivity index (χ2n) is 6.04. The molecule has 0 unspecified atom stereocenters. The van der Waals surface area contributed by atoms with E-state index in [-0.39, 0.29) is 5.97 Å². The van der Waals surface area contributed by atoms with Gasteiger partial charge in [-0.05, 0) is 33.2 Å². The number of carbonyl (C=O) groups is 1. The zero-order chi connectivity index (χ0) is 18.8. The summed E-state index contributed by atoms with van der Waals surface area (Å²) in [5, 5.41) is 6.65. The number of rotatable bonds is 15. The van der Waals surface area contributed by atoms with E-state index >= 15 is 0 Å². The first-order valence-electron chi connectivity index (χ1n) is 9.41. The predicted molar refractivity (Wildman–Crippen MR) is 103 cm³/mol. The number of guanidine groups is 1. The van der Waals surface area contributed by atoms with Crippen molar-refractivity contribution in [2.24, 2.45) is 4.99 Å². The Hall–Kier alpha value is -1.34. The molecule has 2 N–H and O–H groups in total. The molecular formula is C18H38N4O3. The van der Waals surface area contributed by atoms with E-state index in [9.17, 15) is 4.79 Å². The summed E-state index contributed by atoms with van der Waals surface area (Å²) < 4.78 is 9.97. The first-order chi connectivity index (χ1) is 12.1. The fourth-order valence-corrected chi connectivity index (χ4v) is 2.36. The maximum atomic E-state index is 11.2. The second kappa shape index (κ2) is 17.5. The molecular weight excluding hydrogens is 320 g/mol. The SMILES string of the molecule is CCOC(=O)CCCCCCNC(=NC)NCCN(C)CCCOC.